The van der Waals surface area contributed by atoms with Gasteiger partial charge < -0.3 is 5.32 Å². The van der Waals surface area contributed by atoms with Gasteiger partial charge in [0.1, 0.15) is 0 Å². The fourth-order valence-electron chi connectivity index (χ4n) is 2.96. The fourth-order valence-corrected chi connectivity index (χ4v) is 4.61. The summed E-state index contributed by atoms with van der Waals surface area (Å²) in [6.45, 7) is 6.73. The highest BCUT2D eigenvalue weighted by atomic mass is 32.1. The van der Waals surface area contributed by atoms with E-state index in [2.05, 4.69) is 32.9 Å². The third kappa shape index (κ3) is 4.40. The predicted octanol–water partition coefficient (Wildman–Crippen LogP) is 3.82. The van der Waals surface area contributed by atoms with Crippen molar-refractivity contribution in [2.24, 2.45) is 7.05 Å². The Bertz CT molecular complexity index is 907. The Morgan fingerprint density at radius 1 is 1.23 bits per heavy atom. The van der Waals surface area contributed by atoms with E-state index >= 15 is 0 Å². The second-order valence-corrected chi connectivity index (χ2v) is 8.62. The van der Waals surface area contributed by atoms with Crippen molar-refractivity contribution < 1.29 is 4.79 Å². The average molecular weight is 389 g/mol. The van der Waals surface area contributed by atoms with Crippen LogP contribution in [-0.2, 0) is 24.7 Å². The third-order valence-electron chi connectivity index (χ3n) is 4.49. The zero-order valence-corrected chi connectivity index (χ0v) is 17.3. The molecule has 0 atom stereocenters. The highest BCUT2D eigenvalue weighted by Crippen LogP contribution is 2.29. The molecule has 0 radical (unpaired) electrons. The van der Waals surface area contributed by atoms with Gasteiger partial charge in [-0.1, -0.05) is 0 Å². The van der Waals surface area contributed by atoms with E-state index in [0.717, 1.165) is 34.9 Å². The van der Waals surface area contributed by atoms with Crippen molar-refractivity contribution in [1.82, 2.24) is 20.1 Å². The van der Waals surface area contributed by atoms with Gasteiger partial charge in [-0.25, -0.2) is 4.98 Å². The summed E-state index contributed by atoms with van der Waals surface area (Å²) in [6, 6.07) is 4.24. The summed E-state index contributed by atoms with van der Waals surface area (Å²) in [5, 5.41) is 10.6. The Morgan fingerprint density at radius 2 is 2.04 bits per heavy atom. The first kappa shape index (κ1) is 18.8. The molecule has 26 heavy (non-hydrogen) atoms. The van der Waals surface area contributed by atoms with E-state index in [4.69, 9.17) is 0 Å². The number of hydrogen-bond donors (Lipinski definition) is 1. The summed E-state index contributed by atoms with van der Waals surface area (Å²) in [5.74, 6) is 0.0968. The van der Waals surface area contributed by atoms with Gasteiger partial charge in [0, 0.05) is 36.0 Å². The number of aryl methyl sites for hydroxylation is 3. The van der Waals surface area contributed by atoms with Gasteiger partial charge in [-0.3, -0.25) is 9.48 Å². The molecule has 0 bridgehead atoms. The molecule has 1 amide bonds. The zero-order valence-electron chi connectivity index (χ0n) is 15.6. The van der Waals surface area contributed by atoms with Crippen molar-refractivity contribution >= 4 is 28.6 Å². The first-order valence-electron chi connectivity index (χ1n) is 8.71. The Kier molecular flexibility index (Phi) is 5.88. The van der Waals surface area contributed by atoms with Crippen LogP contribution in [0.4, 0.5) is 0 Å². The van der Waals surface area contributed by atoms with E-state index in [0.29, 0.717) is 13.0 Å². The van der Waals surface area contributed by atoms with Gasteiger partial charge in [0.15, 0.2) is 0 Å². The first-order valence-corrected chi connectivity index (χ1v) is 10.4. The second kappa shape index (κ2) is 8.14. The summed E-state index contributed by atoms with van der Waals surface area (Å²) in [6.07, 6.45) is 2.09. The molecule has 0 aliphatic rings. The molecule has 7 heteroatoms. The van der Waals surface area contributed by atoms with Gasteiger partial charge in [-0.2, -0.15) is 5.10 Å². The van der Waals surface area contributed by atoms with Gasteiger partial charge in [-0.05, 0) is 51.3 Å². The van der Waals surface area contributed by atoms with E-state index in [1.54, 1.807) is 22.7 Å². The van der Waals surface area contributed by atoms with Gasteiger partial charge in [0.25, 0.3) is 0 Å². The number of nitrogens with zero attached hydrogens (tertiary/aromatic N) is 3. The van der Waals surface area contributed by atoms with Crippen molar-refractivity contribution in [2.75, 3.05) is 6.54 Å². The Balaban J connectivity index is 1.45. The Labute approximate surface area is 162 Å². The van der Waals surface area contributed by atoms with Crippen LogP contribution < -0.4 is 5.32 Å². The van der Waals surface area contributed by atoms with E-state index < -0.39 is 0 Å². The summed E-state index contributed by atoms with van der Waals surface area (Å²) in [4.78, 5) is 19.1. The van der Waals surface area contributed by atoms with Crippen molar-refractivity contribution in [3.8, 4) is 10.6 Å². The Hall–Kier alpha value is -1.99. The number of amides is 1. The first-order chi connectivity index (χ1) is 12.4. The summed E-state index contributed by atoms with van der Waals surface area (Å²) in [7, 11) is 1.94. The molecule has 138 valence electrons. The predicted molar refractivity (Wildman–Crippen MR) is 108 cm³/mol. The maximum atomic E-state index is 12.1. The monoisotopic (exact) mass is 388 g/mol. The lowest BCUT2D eigenvalue weighted by Gasteiger charge is -2.05. The zero-order chi connectivity index (χ0) is 18.7. The SMILES string of the molecule is Cc1nc(-c2ccc(CCNC(=O)CCc3c(C)nn(C)c3C)s2)cs1. The maximum Gasteiger partial charge on any atom is 0.220 e. The largest absolute Gasteiger partial charge is 0.356 e. The van der Waals surface area contributed by atoms with Crippen LogP contribution in [0.15, 0.2) is 17.5 Å². The van der Waals surface area contributed by atoms with Crippen LogP contribution in [0.3, 0.4) is 0 Å². The van der Waals surface area contributed by atoms with Crippen LogP contribution in [-0.4, -0.2) is 27.2 Å². The normalized spacial score (nSPS) is 11.1. The minimum atomic E-state index is 0.0968. The van der Waals surface area contributed by atoms with Crippen LogP contribution in [0.1, 0.15) is 33.3 Å². The molecule has 0 aliphatic heterocycles. The van der Waals surface area contributed by atoms with Gasteiger partial charge in [-0.15, -0.1) is 22.7 Å². The quantitative estimate of drug-likeness (QED) is 0.669. The number of carbonyl (C=O) groups is 1. The number of thiazole rings is 1. The third-order valence-corrected chi connectivity index (χ3v) is 6.43. The number of rotatable bonds is 7. The van der Waals surface area contributed by atoms with Crippen LogP contribution >= 0.6 is 22.7 Å². The van der Waals surface area contributed by atoms with Crippen LogP contribution in [0.2, 0.25) is 0 Å². The van der Waals surface area contributed by atoms with E-state index in [-0.39, 0.29) is 5.91 Å². The van der Waals surface area contributed by atoms with Crippen molar-refractivity contribution in [3.63, 3.8) is 0 Å². The molecule has 0 saturated heterocycles. The van der Waals surface area contributed by atoms with Crippen molar-refractivity contribution in [3.05, 3.63) is 44.3 Å². The molecule has 0 unspecified atom stereocenters. The van der Waals surface area contributed by atoms with Gasteiger partial charge in [0.2, 0.25) is 5.91 Å². The smallest absolute Gasteiger partial charge is 0.220 e. The maximum absolute atomic E-state index is 12.1. The lowest BCUT2D eigenvalue weighted by atomic mass is 10.1. The van der Waals surface area contributed by atoms with E-state index in [1.807, 2.05) is 32.5 Å². The van der Waals surface area contributed by atoms with Crippen molar-refractivity contribution in [1.29, 1.82) is 0 Å². The summed E-state index contributed by atoms with van der Waals surface area (Å²) >= 11 is 3.42. The average Bonchev–Trinajstić information content (AvgIpc) is 3.28. The summed E-state index contributed by atoms with van der Waals surface area (Å²) in [5.41, 5.74) is 4.39. The molecule has 0 aliphatic carbocycles. The molecular formula is C19H24N4OS2. The molecule has 3 rings (SSSR count). The molecule has 3 aromatic heterocycles. The number of carbonyl (C=O) groups excluding carboxylic acids is 1. The van der Waals surface area contributed by atoms with Gasteiger partial charge >= 0.3 is 0 Å². The molecule has 3 aromatic rings. The topological polar surface area (TPSA) is 59.8 Å². The molecule has 3 heterocycles. The second-order valence-electron chi connectivity index (χ2n) is 6.39. The highest BCUT2D eigenvalue weighted by molar-refractivity contribution is 7.16. The number of aromatic nitrogens is 3. The molecule has 0 saturated carbocycles. The van der Waals surface area contributed by atoms with Crippen LogP contribution in [0, 0.1) is 20.8 Å². The van der Waals surface area contributed by atoms with Crippen molar-refractivity contribution in [2.45, 2.75) is 40.0 Å². The minimum Gasteiger partial charge on any atom is -0.356 e. The van der Waals surface area contributed by atoms with Crippen LogP contribution in [0.5, 0.6) is 0 Å². The van der Waals surface area contributed by atoms with Crippen LogP contribution in [0.25, 0.3) is 10.6 Å². The molecule has 0 spiro atoms. The number of thiophene rings is 1. The minimum absolute atomic E-state index is 0.0968. The van der Waals surface area contributed by atoms with E-state index in [1.165, 1.54) is 15.3 Å². The van der Waals surface area contributed by atoms with E-state index in [9.17, 15) is 4.79 Å². The lowest BCUT2D eigenvalue weighted by molar-refractivity contribution is -0.121. The number of hydrogen-bond acceptors (Lipinski definition) is 5. The molecule has 0 aromatic carbocycles. The highest BCUT2D eigenvalue weighted by Gasteiger charge is 2.11. The molecular weight excluding hydrogens is 364 g/mol. The Morgan fingerprint density at radius 3 is 2.69 bits per heavy atom. The molecule has 0 fully saturated rings. The van der Waals surface area contributed by atoms with Gasteiger partial charge in [0.05, 0.1) is 21.3 Å². The molecule has 5 nitrogen and oxygen atoms in total. The summed E-state index contributed by atoms with van der Waals surface area (Å²) < 4.78 is 1.88. The fraction of sp³-hybridized carbons (Fsp3) is 0.421. The standard InChI is InChI=1S/C19H24N4OS2/c1-12-16(13(2)23(4)22-12)6-8-19(24)20-10-9-15-5-7-18(26-15)17-11-25-14(3)21-17/h5,7,11H,6,8-10H2,1-4H3,(H,20,24). The molecule has 1 N–H and O–H groups in total. The lowest BCUT2D eigenvalue weighted by Crippen LogP contribution is -2.25. The number of nitrogens with one attached hydrogen (secondary N) is 1.